The van der Waals surface area contributed by atoms with E-state index in [1.807, 2.05) is 0 Å². The van der Waals surface area contributed by atoms with Gasteiger partial charge in [0.05, 0.1) is 13.2 Å². The Bertz CT molecular complexity index is 1250. The number of carbonyl (C=O) groups excluding carboxylic acids is 1. The molecule has 0 radical (unpaired) electrons. The molecule has 2 aromatic carbocycles. The van der Waals surface area contributed by atoms with Crippen molar-refractivity contribution in [3.63, 3.8) is 0 Å². The molecule has 7 nitrogen and oxygen atoms in total. The molecule has 4 rings (SSSR count). The SMILES string of the molecule is O=C(NCc1ccc(S(=O)(=O)NCc2cc(F)cc3c2OCOC3)s1)c1ccc(Cl)cc1. The molecule has 3 aromatic rings. The summed E-state index contributed by atoms with van der Waals surface area (Å²) in [5.41, 5.74) is 1.37. The van der Waals surface area contributed by atoms with Crippen molar-refractivity contribution in [2.75, 3.05) is 6.79 Å². The Hall–Kier alpha value is -2.50. The van der Waals surface area contributed by atoms with Crippen LogP contribution >= 0.6 is 22.9 Å². The lowest BCUT2D eigenvalue weighted by molar-refractivity contribution is -0.0172. The molecule has 0 unspecified atom stereocenters. The zero-order valence-electron chi connectivity index (χ0n) is 16.6. The quantitative estimate of drug-likeness (QED) is 0.518. The van der Waals surface area contributed by atoms with Gasteiger partial charge >= 0.3 is 0 Å². The van der Waals surface area contributed by atoms with Gasteiger partial charge in [0, 0.05) is 33.1 Å². The number of thiophene rings is 1. The number of sulfonamides is 1. The fourth-order valence-corrected chi connectivity index (χ4v) is 5.57. The van der Waals surface area contributed by atoms with Gasteiger partial charge < -0.3 is 14.8 Å². The standard InChI is InChI=1S/C21H18ClFN2O5S2/c22-16-3-1-13(2-4-16)21(26)24-10-18-5-6-19(31-18)32(27,28)25-9-14-7-17(23)8-15-11-29-12-30-20(14)15/h1-8,25H,9-12H2,(H,24,26). The molecule has 1 amide bonds. The lowest BCUT2D eigenvalue weighted by Gasteiger charge is -2.21. The van der Waals surface area contributed by atoms with E-state index in [9.17, 15) is 17.6 Å². The van der Waals surface area contributed by atoms with Gasteiger partial charge in [0.15, 0.2) is 6.79 Å². The van der Waals surface area contributed by atoms with Gasteiger partial charge in [-0.2, -0.15) is 0 Å². The zero-order valence-corrected chi connectivity index (χ0v) is 18.9. The van der Waals surface area contributed by atoms with E-state index < -0.39 is 15.8 Å². The summed E-state index contributed by atoms with van der Waals surface area (Å²) in [5, 5.41) is 3.27. The smallest absolute Gasteiger partial charge is 0.251 e. The lowest BCUT2D eigenvalue weighted by atomic mass is 10.1. The molecule has 0 aliphatic carbocycles. The normalized spacial score (nSPS) is 13.3. The van der Waals surface area contributed by atoms with Crippen LogP contribution in [-0.4, -0.2) is 21.1 Å². The molecule has 1 aliphatic rings. The fourth-order valence-electron chi connectivity index (χ4n) is 3.10. The molecule has 2 N–H and O–H groups in total. The molecule has 1 aliphatic heterocycles. The summed E-state index contributed by atoms with van der Waals surface area (Å²) in [6.45, 7) is 0.257. The summed E-state index contributed by atoms with van der Waals surface area (Å²) < 4.78 is 52.4. The minimum atomic E-state index is -3.84. The minimum Gasteiger partial charge on any atom is -0.467 e. The van der Waals surface area contributed by atoms with Gasteiger partial charge in [0.2, 0.25) is 10.0 Å². The first-order chi connectivity index (χ1) is 15.3. The molecule has 0 bridgehead atoms. The Morgan fingerprint density at radius 3 is 2.69 bits per heavy atom. The molecule has 0 saturated heterocycles. The van der Waals surface area contributed by atoms with Crippen LogP contribution in [-0.2, 0) is 34.5 Å². The predicted octanol–water partition coefficient (Wildman–Crippen LogP) is 3.82. The van der Waals surface area contributed by atoms with Gasteiger partial charge in [-0.05, 0) is 48.5 Å². The van der Waals surface area contributed by atoms with Crippen LogP contribution in [0.2, 0.25) is 5.02 Å². The van der Waals surface area contributed by atoms with Gasteiger partial charge in [-0.15, -0.1) is 11.3 Å². The van der Waals surface area contributed by atoms with Gasteiger partial charge in [-0.1, -0.05) is 11.6 Å². The zero-order chi connectivity index (χ0) is 22.7. The maximum Gasteiger partial charge on any atom is 0.251 e. The highest BCUT2D eigenvalue weighted by molar-refractivity contribution is 7.91. The first-order valence-electron chi connectivity index (χ1n) is 9.46. The topological polar surface area (TPSA) is 93.7 Å². The van der Waals surface area contributed by atoms with Crippen molar-refractivity contribution in [3.8, 4) is 5.75 Å². The molecule has 32 heavy (non-hydrogen) atoms. The Morgan fingerprint density at radius 1 is 1.12 bits per heavy atom. The molecule has 0 fully saturated rings. The summed E-state index contributed by atoms with van der Waals surface area (Å²) in [5.74, 6) is -0.364. The number of amides is 1. The van der Waals surface area contributed by atoms with Crippen molar-refractivity contribution in [1.29, 1.82) is 0 Å². The Morgan fingerprint density at radius 2 is 1.91 bits per heavy atom. The van der Waals surface area contributed by atoms with Crippen molar-refractivity contribution in [2.24, 2.45) is 0 Å². The van der Waals surface area contributed by atoms with Crippen LogP contribution in [0, 0.1) is 5.82 Å². The lowest BCUT2D eigenvalue weighted by Crippen LogP contribution is -2.24. The maximum atomic E-state index is 13.9. The number of hydrogen-bond acceptors (Lipinski definition) is 6. The number of hydrogen-bond donors (Lipinski definition) is 2. The molecular weight excluding hydrogens is 479 g/mol. The van der Waals surface area contributed by atoms with E-state index in [1.54, 1.807) is 30.3 Å². The first-order valence-corrected chi connectivity index (χ1v) is 12.1. The van der Waals surface area contributed by atoms with Crippen molar-refractivity contribution in [1.82, 2.24) is 10.0 Å². The van der Waals surface area contributed by atoms with Crippen molar-refractivity contribution in [2.45, 2.75) is 23.9 Å². The highest BCUT2D eigenvalue weighted by Crippen LogP contribution is 2.30. The molecule has 0 saturated carbocycles. The van der Waals surface area contributed by atoms with Gasteiger partial charge in [0.25, 0.3) is 5.91 Å². The van der Waals surface area contributed by atoms with Gasteiger partial charge in [-0.3, -0.25) is 4.79 Å². The van der Waals surface area contributed by atoms with Crippen LogP contribution in [0.25, 0.3) is 0 Å². The molecule has 11 heteroatoms. The molecule has 0 spiro atoms. The average Bonchev–Trinajstić information content (AvgIpc) is 3.26. The number of ether oxygens (including phenoxy) is 2. The molecular formula is C21H18ClFN2O5S2. The molecule has 0 atom stereocenters. The van der Waals surface area contributed by atoms with Crippen LogP contribution in [0.3, 0.4) is 0 Å². The first kappa shape index (κ1) is 22.7. The van der Waals surface area contributed by atoms with Crippen molar-refractivity contribution in [3.05, 3.63) is 80.9 Å². The third-order valence-corrected chi connectivity index (χ3v) is 7.87. The van der Waals surface area contributed by atoms with Crippen LogP contribution in [0.5, 0.6) is 5.75 Å². The Balaban J connectivity index is 1.39. The largest absolute Gasteiger partial charge is 0.467 e. The van der Waals surface area contributed by atoms with E-state index >= 15 is 0 Å². The second-order valence-corrected chi connectivity index (χ2v) is 10.5. The second kappa shape index (κ2) is 9.55. The summed E-state index contributed by atoms with van der Waals surface area (Å²) >= 11 is 6.85. The third-order valence-electron chi connectivity index (χ3n) is 4.64. The summed E-state index contributed by atoms with van der Waals surface area (Å²) in [4.78, 5) is 12.9. The van der Waals surface area contributed by atoms with Crippen LogP contribution in [0.15, 0.2) is 52.7 Å². The van der Waals surface area contributed by atoms with Crippen molar-refractivity contribution >= 4 is 38.9 Å². The number of halogens is 2. The van der Waals surface area contributed by atoms with Crippen LogP contribution < -0.4 is 14.8 Å². The number of carbonyl (C=O) groups is 1. The van der Waals surface area contributed by atoms with Crippen LogP contribution in [0.4, 0.5) is 4.39 Å². The van der Waals surface area contributed by atoms with Crippen LogP contribution in [0.1, 0.15) is 26.4 Å². The summed E-state index contributed by atoms with van der Waals surface area (Å²) in [6, 6.07) is 12.1. The predicted molar refractivity (Wildman–Crippen MR) is 118 cm³/mol. The molecule has 168 valence electrons. The van der Waals surface area contributed by atoms with E-state index in [-0.39, 0.29) is 36.6 Å². The monoisotopic (exact) mass is 496 g/mol. The van der Waals surface area contributed by atoms with E-state index in [2.05, 4.69) is 10.0 Å². The van der Waals surface area contributed by atoms with E-state index in [1.165, 1.54) is 18.2 Å². The maximum absolute atomic E-state index is 13.9. The number of rotatable bonds is 7. The highest BCUT2D eigenvalue weighted by Gasteiger charge is 2.21. The van der Waals surface area contributed by atoms with E-state index in [0.29, 0.717) is 32.3 Å². The average molecular weight is 497 g/mol. The minimum absolute atomic E-state index is 0.0222. The summed E-state index contributed by atoms with van der Waals surface area (Å²) in [6.07, 6.45) is 0. The fraction of sp³-hybridized carbons (Fsp3) is 0.190. The Kier molecular flexibility index (Phi) is 6.77. The van der Waals surface area contributed by atoms with E-state index in [0.717, 1.165) is 11.3 Å². The molecule has 2 heterocycles. The van der Waals surface area contributed by atoms with E-state index in [4.69, 9.17) is 21.1 Å². The van der Waals surface area contributed by atoms with Crippen molar-refractivity contribution < 1.29 is 27.1 Å². The third kappa shape index (κ3) is 5.28. The number of nitrogens with one attached hydrogen (secondary N) is 2. The summed E-state index contributed by atoms with van der Waals surface area (Å²) in [7, 11) is -3.84. The Labute approximate surface area is 193 Å². The second-order valence-electron chi connectivity index (χ2n) is 6.90. The number of benzene rings is 2. The van der Waals surface area contributed by atoms with Gasteiger partial charge in [0.1, 0.15) is 15.8 Å². The van der Waals surface area contributed by atoms with Gasteiger partial charge in [-0.25, -0.2) is 17.5 Å². The highest BCUT2D eigenvalue weighted by atomic mass is 35.5. The molecule has 1 aromatic heterocycles. The number of fused-ring (bicyclic) bond motifs is 1.